The van der Waals surface area contributed by atoms with Gasteiger partial charge in [-0.2, -0.15) is 4.39 Å². The van der Waals surface area contributed by atoms with E-state index in [9.17, 15) is 27.7 Å². The van der Waals surface area contributed by atoms with Crippen LogP contribution in [-0.4, -0.2) is 25.3 Å². The van der Waals surface area contributed by atoms with Crippen LogP contribution in [0.3, 0.4) is 0 Å². The molecule has 8 nitrogen and oxygen atoms in total. The highest BCUT2D eigenvalue weighted by atomic mass is 32.2. The lowest BCUT2D eigenvalue weighted by molar-refractivity contribution is -0.387. The summed E-state index contributed by atoms with van der Waals surface area (Å²) in [6, 6.07) is 15.4. The van der Waals surface area contributed by atoms with E-state index in [-0.39, 0.29) is 22.2 Å². The minimum atomic E-state index is -3.94. The molecule has 10 heteroatoms. The largest absolute Gasteiger partial charge is 0.322 e. The minimum Gasteiger partial charge on any atom is -0.322 e. The van der Waals surface area contributed by atoms with Gasteiger partial charge in [-0.15, -0.1) is 0 Å². The van der Waals surface area contributed by atoms with E-state index in [2.05, 4.69) is 5.32 Å². The lowest BCUT2D eigenvalue weighted by Crippen LogP contribution is -2.35. The molecule has 3 aromatic rings. The molecule has 32 heavy (non-hydrogen) atoms. The second-order valence-electron chi connectivity index (χ2n) is 7.39. The maximum Gasteiger partial charge on any atom is 0.306 e. The number of para-hydroxylation sites is 1. The Hall–Kier alpha value is -3.79. The summed E-state index contributed by atoms with van der Waals surface area (Å²) < 4.78 is 41.6. The topological polar surface area (TPSA) is 110 Å². The van der Waals surface area contributed by atoms with E-state index in [4.69, 9.17) is 0 Å². The van der Waals surface area contributed by atoms with Crippen LogP contribution in [0.1, 0.15) is 22.8 Å². The number of benzene rings is 3. The number of sulfonamides is 1. The summed E-state index contributed by atoms with van der Waals surface area (Å²) in [5, 5.41) is 13.3. The van der Waals surface area contributed by atoms with Crippen LogP contribution < -0.4 is 9.62 Å². The Kier molecular flexibility index (Phi) is 5.39. The predicted molar refractivity (Wildman–Crippen MR) is 117 cm³/mol. The highest BCUT2D eigenvalue weighted by molar-refractivity contribution is 7.92. The number of amides is 1. The molecule has 0 radical (unpaired) electrons. The van der Waals surface area contributed by atoms with Crippen LogP contribution in [0.5, 0.6) is 0 Å². The van der Waals surface area contributed by atoms with Gasteiger partial charge < -0.3 is 5.32 Å². The van der Waals surface area contributed by atoms with Crippen molar-refractivity contribution in [1.82, 2.24) is 0 Å². The summed E-state index contributed by atoms with van der Waals surface area (Å²) in [6.45, 7) is 1.82. The summed E-state index contributed by atoms with van der Waals surface area (Å²) in [5.41, 5.74) is 0.807. The Morgan fingerprint density at radius 3 is 2.62 bits per heavy atom. The van der Waals surface area contributed by atoms with E-state index >= 15 is 0 Å². The Labute approximate surface area is 183 Å². The summed E-state index contributed by atoms with van der Waals surface area (Å²) in [7, 11) is -3.94. The van der Waals surface area contributed by atoms with Gasteiger partial charge in [0.1, 0.15) is 0 Å². The number of hydrogen-bond acceptors (Lipinski definition) is 5. The van der Waals surface area contributed by atoms with Gasteiger partial charge in [-0.05, 0) is 55.3 Å². The molecule has 3 aromatic carbocycles. The first-order chi connectivity index (χ1) is 15.2. The molecule has 1 N–H and O–H groups in total. The third-order valence-corrected chi connectivity index (χ3v) is 7.12. The van der Waals surface area contributed by atoms with Crippen molar-refractivity contribution in [3.05, 3.63) is 93.8 Å². The number of fused-ring (bicyclic) bond motifs is 1. The van der Waals surface area contributed by atoms with Crippen molar-refractivity contribution in [1.29, 1.82) is 0 Å². The van der Waals surface area contributed by atoms with Crippen molar-refractivity contribution in [3.8, 4) is 0 Å². The van der Waals surface area contributed by atoms with Gasteiger partial charge in [-0.25, -0.2) is 8.42 Å². The van der Waals surface area contributed by atoms with Gasteiger partial charge in [0, 0.05) is 23.4 Å². The summed E-state index contributed by atoms with van der Waals surface area (Å²) >= 11 is 0. The second kappa shape index (κ2) is 8.04. The Morgan fingerprint density at radius 1 is 1.12 bits per heavy atom. The molecule has 1 atom stereocenters. The van der Waals surface area contributed by atoms with Crippen LogP contribution in [0.15, 0.2) is 71.6 Å². The molecule has 1 unspecified atom stereocenters. The molecule has 0 aliphatic carbocycles. The van der Waals surface area contributed by atoms with E-state index in [1.54, 1.807) is 12.1 Å². The summed E-state index contributed by atoms with van der Waals surface area (Å²) in [6.07, 6.45) is 0.582. The Bertz CT molecular complexity index is 1340. The fraction of sp³-hybridized carbons (Fsp3) is 0.136. The number of carbonyl (C=O) groups excluding carboxylic acids is 1. The average Bonchev–Trinajstić information content (AvgIpc) is 3.11. The van der Waals surface area contributed by atoms with E-state index in [1.807, 2.05) is 19.1 Å². The van der Waals surface area contributed by atoms with Gasteiger partial charge in [-0.3, -0.25) is 19.2 Å². The highest BCUT2D eigenvalue weighted by Gasteiger charge is 2.36. The minimum absolute atomic E-state index is 0.0125. The van der Waals surface area contributed by atoms with Crippen LogP contribution >= 0.6 is 0 Å². The molecule has 0 aromatic heterocycles. The van der Waals surface area contributed by atoms with Crippen molar-refractivity contribution in [2.75, 3.05) is 9.62 Å². The molecule has 0 saturated heterocycles. The van der Waals surface area contributed by atoms with Gasteiger partial charge >= 0.3 is 5.69 Å². The van der Waals surface area contributed by atoms with E-state index in [0.29, 0.717) is 12.1 Å². The van der Waals surface area contributed by atoms with Crippen LogP contribution in [0.25, 0.3) is 0 Å². The summed E-state index contributed by atoms with van der Waals surface area (Å²) in [4.78, 5) is 22.6. The number of nitrogens with zero attached hydrogens (tertiary/aromatic N) is 2. The fourth-order valence-corrected chi connectivity index (χ4v) is 5.49. The lowest BCUT2D eigenvalue weighted by atomic mass is 10.1. The molecule has 0 saturated carbocycles. The number of hydrogen-bond donors (Lipinski definition) is 1. The molecule has 1 amide bonds. The van der Waals surface area contributed by atoms with Crippen molar-refractivity contribution in [2.45, 2.75) is 24.3 Å². The zero-order chi connectivity index (χ0) is 23.0. The fourth-order valence-electron chi connectivity index (χ4n) is 3.75. The lowest BCUT2D eigenvalue weighted by Gasteiger charge is -2.24. The zero-order valence-electron chi connectivity index (χ0n) is 16.9. The molecule has 4 rings (SSSR count). The van der Waals surface area contributed by atoms with Crippen LogP contribution in [0, 0.1) is 15.9 Å². The van der Waals surface area contributed by atoms with Crippen LogP contribution in [0.2, 0.25) is 0 Å². The molecular formula is C22H18FN3O5S. The van der Waals surface area contributed by atoms with Gasteiger partial charge in [0.05, 0.1) is 15.5 Å². The number of carbonyl (C=O) groups is 1. The van der Waals surface area contributed by atoms with Crippen LogP contribution in [0.4, 0.5) is 21.5 Å². The van der Waals surface area contributed by atoms with Crippen molar-refractivity contribution in [2.24, 2.45) is 0 Å². The molecule has 0 spiro atoms. The van der Waals surface area contributed by atoms with Gasteiger partial charge in [0.2, 0.25) is 5.82 Å². The molecule has 164 valence electrons. The highest BCUT2D eigenvalue weighted by Crippen LogP contribution is 2.36. The number of nitrogens with one attached hydrogen (secondary N) is 1. The first-order valence-electron chi connectivity index (χ1n) is 9.66. The number of anilines is 2. The SMILES string of the molecule is CC1Cc2ccccc2N1S(=O)(=O)c1cccc(C(=O)Nc2ccc(F)c([N+](=O)[O-])c2)c1. The average molecular weight is 455 g/mol. The second-order valence-corrected chi connectivity index (χ2v) is 9.20. The molecule has 1 aliphatic heterocycles. The van der Waals surface area contributed by atoms with Crippen LogP contribution in [-0.2, 0) is 16.4 Å². The number of nitro benzene ring substituents is 1. The molecule has 1 heterocycles. The van der Waals surface area contributed by atoms with E-state index < -0.39 is 32.4 Å². The predicted octanol–water partition coefficient (Wildman–Crippen LogP) is 4.13. The first-order valence-corrected chi connectivity index (χ1v) is 11.1. The number of nitro groups is 1. The van der Waals surface area contributed by atoms with E-state index in [0.717, 1.165) is 17.7 Å². The van der Waals surface area contributed by atoms with E-state index in [1.165, 1.54) is 34.6 Å². The summed E-state index contributed by atoms with van der Waals surface area (Å²) in [5.74, 6) is -1.71. The van der Waals surface area contributed by atoms with Crippen molar-refractivity contribution >= 4 is 33.0 Å². The maximum absolute atomic E-state index is 13.5. The molecule has 1 aliphatic rings. The Morgan fingerprint density at radius 2 is 1.88 bits per heavy atom. The van der Waals surface area contributed by atoms with Gasteiger partial charge in [-0.1, -0.05) is 24.3 Å². The van der Waals surface area contributed by atoms with Crippen molar-refractivity contribution < 1.29 is 22.5 Å². The molecular weight excluding hydrogens is 437 g/mol. The van der Waals surface area contributed by atoms with Gasteiger partial charge in [0.15, 0.2) is 0 Å². The third kappa shape index (κ3) is 3.80. The normalized spacial score (nSPS) is 15.3. The standard InChI is InChI=1S/C22H18FN3O5S/c1-14-11-15-5-2-3-8-20(15)25(14)32(30,31)18-7-4-6-16(12-18)22(27)24-17-9-10-19(23)21(13-17)26(28)29/h2-10,12-14H,11H2,1H3,(H,24,27). The van der Waals surface area contributed by atoms with Crippen molar-refractivity contribution in [3.63, 3.8) is 0 Å². The quantitative estimate of drug-likeness (QED) is 0.460. The Balaban J connectivity index is 1.63. The smallest absolute Gasteiger partial charge is 0.306 e. The third-order valence-electron chi connectivity index (χ3n) is 5.20. The number of rotatable bonds is 5. The monoisotopic (exact) mass is 455 g/mol. The van der Waals surface area contributed by atoms with Gasteiger partial charge in [0.25, 0.3) is 15.9 Å². The maximum atomic E-state index is 13.5. The first kappa shape index (κ1) is 21.4. The number of halogens is 1. The molecule has 0 bridgehead atoms. The zero-order valence-corrected chi connectivity index (χ0v) is 17.7. The molecule has 0 fully saturated rings.